The second kappa shape index (κ2) is 9.00. The molecule has 2 aromatic carbocycles. The van der Waals surface area contributed by atoms with Crippen molar-refractivity contribution in [1.82, 2.24) is 9.55 Å². The number of esters is 1. The highest BCUT2D eigenvalue weighted by molar-refractivity contribution is 9.10. The maximum Gasteiger partial charge on any atom is 0.308 e. The number of para-hydroxylation sites is 1. The van der Waals surface area contributed by atoms with Crippen LogP contribution in [-0.4, -0.2) is 27.5 Å². The molecule has 1 aromatic heterocycles. The maximum absolute atomic E-state index is 12.5. The maximum atomic E-state index is 12.5. The van der Waals surface area contributed by atoms with E-state index in [4.69, 9.17) is 4.74 Å². The van der Waals surface area contributed by atoms with E-state index in [2.05, 4.69) is 26.2 Å². The number of fused-ring (bicyclic) bond motifs is 1. The summed E-state index contributed by atoms with van der Waals surface area (Å²) in [6.45, 7) is 3.49. The van der Waals surface area contributed by atoms with Gasteiger partial charge in [0, 0.05) is 16.7 Å². The molecule has 0 bridgehead atoms. The fourth-order valence-electron chi connectivity index (χ4n) is 2.76. The standard InChI is InChI=1S/C21H20BrN3O4/c1-13-5-3-4-6-17(13)24-20(27)14(2)29-19(26)9-10-25-12-23-18-8-7-15(22)11-16(18)21(25)28/h3-8,11-12,14H,9-10H2,1-2H3,(H,24,27). The smallest absolute Gasteiger partial charge is 0.308 e. The molecule has 0 radical (unpaired) electrons. The quantitative estimate of drug-likeness (QED) is 0.572. The molecule has 3 aromatic rings. The lowest BCUT2D eigenvalue weighted by atomic mass is 10.2. The Balaban J connectivity index is 1.59. The van der Waals surface area contributed by atoms with Gasteiger partial charge in [-0.15, -0.1) is 0 Å². The number of hydrogen-bond acceptors (Lipinski definition) is 5. The van der Waals surface area contributed by atoms with Crippen LogP contribution < -0.4 is 10.9 Å². The first kappa shape index (κ1) is 20.7. The van der Waals surface area contributed by atoms with Gasteiger partial charge in [-0.3, -0.25) is 19.0 Å². The van der Waals surface area contributed by atoms with E-state index in [9.17, 15) is 14.4 Å². The van der Waals surface area contributed by atoms with E-state index in [-0.39, 0.29) is 18.5 Å². The Kier molecular flexibility index (Phi) is 6.43. The van der Waals surface area contributed by atoms with Gasteiger partial charge in [0.25, 0.3) is 11.5 Å². The lowest BCUT2D eigenvalue weighted by Gasteiger charge is -2.15. The van der Waals surface area contributed by atoms with Crippen LogP contribution >= 0.6 is 15.9 Å². The zero-order valence-electron chi connectivity index (χ0n) is 16.0. The summed E-state index contributed by atoms with van der Waals surface area (Å²) < 4.78 is 7.33. The number of carbonyl (C=O) groups is 2. The second-order valence-corrected chi connectivity index (χ2v) is 7.51. The normalized spacial score (nSPS) is 11.8. The van der Waals surface area contributed by atoms with Gasteiger partial charge in [-0.2, -0.15) is 0 Å². The molecule has 1 N–H and O–H groups in total. The zero-order chi connectivity index (χ0) is 21.0. The van der Waals surface area contributed by atoms with Gasteiger partial charge in [0.2, 0.25) is 0 Å². The van der Waals surface area contributed by atoms with Crippen molar-refractivity contribution in [2.45, 2.75) is 32.9 Å². The highest BCUT2D eigenvalue weighted by Crippen LogP contribution is 2.15. The van der Waals surface area contributed by atoms with E-state index in [0.717, 1.165) is 10.0 Å². The van der Waals surface area contributed by atoms with E-state index in [0.29, 0.717) is 16.6 Å². The summed E-state index contributed by atoms with van der Waals surface area (Å²) in [6, 6.07) is 12.6. The zero-order valence-corrected chi connectivity index (χ0v) is 17.6. The molecule has 0 fully saturated rings. The molecule has 8 heteroatoms. The third kappa shape index (κ3) is 5.08. The Bertz CT molecular complexity index is 1130. The fraction of sp³-hybridized carbons (Fsp3) is 0.238. The van der Waals surface area contributed by atoms with Crippen molar-refractivity contribution in [2.24, 2.45) is 0 Å². The summed E-state index contributed by atoms with van der Waals surface area (Å²) in [5, 5.41) is 3.20. The van der Waals surface area contributed by atoms with Crippen molar-refractivity contribution in [3.63, 3.8) is 0 Å². The number of nitrogens with zero attached hydrogens (tertiary/aromatic N) is 2. The number of carbonyl (C=O) groups excluding carboxylic acids is 2. The molecule has 3 rings (SSSR count). The van der Waals surface area contributed by atoms with Gasteiger partial charge in [-0.25, -0.2) is 4.98 Å². The van der Waals surface area contributed by atoms with Crippen molar-refractivity contribution in [1.29, 1.82) is 0 Å². The van der Waals surface area contributed by atoms with Gasteiger partial charge in [0.1, 0.15) is 0 Å². The summed E-state index contributed by atoms with van der Waals surface area (Å²) in [6.07, 6.45) is 0.396. The number of anilines is 1. The molecule has 1 amide bonds. The molecular weight excluding hydrogens is 438 g/mol. The number of aromatic nitrogens is 2. The molecule has 0 spiro atoms. The Morgan fingerprint density at radius 1 is 1.24 bits per heavy atom. The number of halogens is 1. The third-order valence-electron chi connectivity index (χ3n) is 4.42. The minimum absolute atomic E-state index is 0.0525. The minimum Gasteiger partial charge on any atom is -0.452 e. The number of rotatable bonds is 6. The highest BCUT2D eigenvalue weighted by Gasteiger charge is 2.18. The molecule has 150 valence electrons. The van der Waals surface area contributed by atoms with Crippen LogP contribution in [0.1, 0.15) is 18.9 Å². The third-order valence-corrected chi connectivity index (χ3v) is 4.92. The monoisotopic (exact) mass is 457 g/mol. The first-order valence-electron chi connectivity index (χ1n) is 9.06. The predicted octanol–water partition coefficient (Wildman–Crippen LogP) is 3.43. The molecule has 0 saturated heterocycles. The molecule has 1 atom stereocenters. The lowest BCUT2D eigenvalue weighted by molar-refractivity contribution is -0.153. The minimum atomic E-state index is -0.954. The number of ether oxygens (including phenoxy) is 1. The van der Waals surface area contributed by atoms with Crippen molar-refractivity contribution >= 4 is 44.4 Å². The topological polar surface area (TPSA) is 90.3 Å². The Hall–Kier alpha value is -3.00. The molecule has 1 heterocycles. The first-order valence-corrected chi connectivity index (χ1v) is 9.85. The fourth-order valence-corrected chi connectivity index (χ4v) is 3.12. The van der Waals surface area contributed by atoms with Crippen molar-refractivity contribution in [2.75, 3.05) is 5.32 Å². The molecule has 0 aliphatic heterocycles. The molecule has 29 heavy (non-hydrogen) atoms. The largest absolute Gasteiger partial charge is 0.452 e. The number of benzene rings is 2. The van der Waals surface area contributed by atoms with Crippen LogP contribution in [0.3, 0.4) is 0 Å². The number of amides is 1. The summed E-state index contributed by atoms with van der Waals surface area (Å²) >= 11 is 3.33. The number of hydrogen-bond donors (Lipinski definition) is 1. The van der Waals surface area contributed by atoms with E-state index in [1.165, 1.54) is 17.8 Å². The SMILES string of the molecule is Cc1ccccc1NC(=O)C(C)OC(=O)CCn1cnc2ccc(Br)cc2c1=O. The van der Waals surface area contributed by atoms with Gasteiger partial charge in [0.05, 0.1) is 23.7 Å². The van der Waals surface area contributed by atoms with Crippen molar-refractivity contribution < 1.29 is 14.3 Å². The second-order valence-electron chi connectivity index (χ2n) is 6.59. The van der Waals surface area contributed by atoms with Crippen LogP contribution in [0.25, 0.3) is 10.9 Å². The van der Waals surface area contributed by atoms with Gasteiger partial charge in [-0.1, -0.05) is 34.1 Å². The Labute approximate surface area is 175 Å². The molecule has 7 nitrogen and oxygen atoms in total. The average molecular weight is 458 g/mol. The molecule has 0 aliphatic carbocycles. The van der Waals surface area contributed by atoms with E-state index in [1.54, 1.807) is 24.3 Å². The summed E-state index contributed by atoms with van der Waals surface area (Å²) in [4.78, 5) is 41.2. The molecule has 1 unspecified atom stereocenters. The van der Waals surface area contributed by atoms with Crippen LogP contribution in [0, 0.1) is 6.92 Å². The van der Waals surface area contributed by atoms with Crippen molar-refractivity contribution in [3.05, 3.63) is 69.2 Å². The lowest BCUT2D eigenvalue weighted by Crippen LogP contribution is -2.31. The van der Waals surface area contributed by atoms with Gasteiger partial charge in [-0.05, 0) is 43.7 Å². The van der Waals surface area contributed by atoms with Gasteiger partial charge >= 0.3 is 5.97 Å². The Morgan fingerprint density at radius 3 is 2.76 bits per heavy atom. The van der Waals surface area contributed by atoms with Crippen molar-refractivity contribution in [3.8, 4) is 0 Å². The van der Waals surface area contributed by atoms with Crippen LogP contribution in [0.4, 0.5) is 5.69 Å². The van der Waals surface area contributed by atoms with Crippen LogP contribution in [0.15, 0.2) is 58.1 Å². The van der Waals surface area contributed by atoms with Gasteiger partial charge < -0.3 is 10.1 Å². The predicted molar refractivity (Wildman–Crippen MR) is 114 cm³/mol. The first-order chi connectivity index (χ1) is 13.8. The molecule has 0 aliphatic rings. The van der Waals surface area contributed by atoms with Crippen LogP contribution in [-0.2, 0) is 20.9 Å². The van der Waals surface area contributed by atoms with E-state index < -0.39 is 18.0 Å². The van der Waals surface area contributed by atoms with E-state index >= 15 is 0 Å². The summed E-state index contributed by atoms with van der Waals surface area (Å²) in [7, 11) is 0. The highest BCUT2D eigenvalue weighted by atomic mass is 79.9. The van der Waals surface area contributed by atoms with Crippen LogP contribution in [0.2, 0.25) is 0 Å². The Morgan fingerprint density at radius 2 is 2.00 bits per heavy atom. The van der Waals surface area contributed by atoms with E-state index in [1.807, 2.05) is 25.1 Å². The van der Waals surface area contributed by atoms with Gasteiger partial charge in [0.15, 0.2) is 6.10 Å². The number of nitrogens with one attached hydrogen (secondary N) is 1. The summed E-state index contributed by atoms with van der Waals surface area (Å²) in [5.74, 6) is -0.985. The average Bonchev–Trinajstić information content (AvgIpc) is 2.69. The summed E-state index contributed by atoms with van der Waals surface area (Å²) in [5.41, 5.74) is 1.92. The molecular formula is C21H20BrN3O4. The number of aryl methyl sites for hydroxylation is 2. The van der Waals surface area contributed by atoms with Crippen LogP contribution in [0.5, 0.6) is 0 Å². The molecule has 0 saturated carbocycles.